The Bertz CT molecular complexity index is 98.6. The summed E-state index contributed by atoms with van der Waals surface area (Å²) in [4.78, 5) is 12.8. The molecule has 0 bridgehead atoms. The molecular formula is C5H8ClNO. The zero-order valence-electron chi connectivity index (χ0n) is 4.72. The van der Waals surface area contributed by atoms with Crippen LogP contribution in [0.25, 0.3) is 0 Å². The van der Waals surface area contributed by atoms with Gasteiger partial charge in [-0.1, -0.05) is 24.9 Å². The molecule has 1 unspecified atom stereocenters. The van der Waals surface area contributed by atoms with Gasteiger partial charge in [0, 0.05) is 0 Å². The summed E-state index contributed by atoms with van der Waals surface area (Å²) in [7, 11) is 0. The standard InChI is InChI=1S/C5H8ClNO/c1-2-3-5(6)7-4-8/h5H,2-3H2,1H3. The van der Waals surface area contributed by atoms with Crippen molar-refractivity contribution in [3.8, 4) is 0 Å². The van der Waals surface area contributed by atoms with Crippen molar-refractivity contribution in [1.29, 1.82) is 0 Å². The third-order valence-electron chi connectivity index (χ3n) is 0.720. The first-order chi connectivity index (χ1) is 3.81. The van der Waals surface area contributed by atoms with Gasteiger partial charge in [0.05, 0.1) is 0 Å². The number of hydrogen-bond donors (Lipinski definition) is 0. The summed E-state index contributed by atoms with van der Waals surface area (Å²) in [6, 6.07) is 0. The molecule has 0 amide bonds. The molecule has 0 N–H and O–H groups in total. The minimum atomic E-state index is -0.363. The first-order valence-electron chi connectivity index (χ1n) is 2.52. The van der Waals surface area contributed by atoms with E-state index in [1.165, 1.54) is 6.08 Å². The average molecular weight is 134 g/mol. The highest BCUT2D eigenvalue weighted by molar-refractivity contribution is 6.20. The summed E-state index contributed by atoms with van der Waals surface area (Å²) >= 11 is 5.45. The van der Waals surface area contributed by atoms with E-state index in [0.717, 1.165) is 12.8 Å². The Labute approximate surface area is 53.6 Å². The smallest absolute Gasteiger partial charge is 0.211 e. The van der Waals surface area contributed by atoms with E-state index in [-0.39, 0.29) is 5.50 Å². The van der Waals surface area contributed by atoms with Crippen molar-refractivity contribution in [2.45, 2.75) is 25.3 Å². The highest BCUT2D eigenvalue weighted by Gasteiger charge is 1.95. The maximum absolute atomic E-state index is 9.51. The van der Waals surface area contributed by atoms with E-state index >= 15 is 0 Å². The predicted molar refractivity (Wildman–Crippen MR) is 32.7 cm³/mol. The van der Waals surface area contributed by atoms with Crippen LogP contribution in [-0.4, -0.2) is 11.6 Å². The zero-order valence-corrected chi connectivity index (χ0v) is 5.48. The SMILES string of the molecule is CCCC(Cl)N=C=O. The fraction of sp³-hybridized carbons (Fsp3) is 0.800. The van der Waals surface area contributed by atoms with Gasteiger partial charge in [-0.3, -0.25) is 0 Å². The first kappa shape index (κ1) is 7.67. The van der Waals surface area contributed by atoms with Crippen molar-refractivity contribution >= 4 is 17.7 Å². The van der Waals surface area contributed by atoms with Gasteiger partial charge in [-0.15, -0.1) is 0 Å². The molecule has 46 valence electrons. The molecule has 8 heavy (non-hydrogen) atoms. The monoisotopic (exact) mass is 133 g/mol. The Morgan fingerprint density at radius 1 is 1.88 bits per heavy atom. The van der Waals surface area contributed by atoms with E-state index in [1.807, 2.05) is 6.92 Å². The van der Waals surface area contributed by atoms with Gasteiger partial charge in [0.25, 0.3) is 0 Å². The molecule has 2 nitrogen and oxygen atoms in total. The van der Waals surface area contributed by atoms with E-state index in [9.17, 15) is 4.79 Å². The van der Waals surface area contributed by atoms with Gasteiger partial charge in [-0.05, 0) is 6.42 Å². The summed E-state index contributed by atoms with van der Waals surface area (Å²) in [5.74, 6) is 0. The number of hydrogen-bond acceptors (Lipinski definition) is 2. The molecule has 0 spiro atoms. The van der Waals surface area contributed by atoms with Crippen LogP contribution in [0.5, 0.6) is 0 Å². The Morgan fingerprint density at radius 3 is 2.88 bits per heavy atom. The number of alkyl halides is 1. The van der Waals surface area contributed by atoms with E-state index in [4.69, 9.17) is 11.6 Å². The molecule has 0 aromatic rings. The Hall–Kier alpha value is -0.330. The summed E-state index contributed by atoms with van der Waals surface area (Å²) in [5, 5.41) is 0. The van der Waals surface area contributed by atoms with Crippen LogP contribution < -0.4 is 0 Å². The quantitative estimate of drug-likeness (QED) is 0.249. The van der Waals surface area contributed by atoms with Crippen LogP contribution >= 0.6 is 11.6 Å². The van der Waals surface area contributed by atoms with E-state index < -0.39 is 0 Å². The molecule has 0 aromatic heterocycles. The summed E-state index contributed by atoms with van der Waals surface area (Å²) in [6.45, 7) is 1.98. The lowest BCUT2D eigenvalue weighted by atomic mass is 10.3. The van der Waals surface area contributed by atoms with Crippen LogP contribution in [0, 0.1) is 0 Å². The topological polar surface area (TPSA) is 29.4 Å². The van der Waals surface area contributed by atoms with Gasteiger partial charge in [0.1, 0.15) is 5.50 Å². The number of isocyanates is 1. The van der Waals surface area contributed by atoms with Crippen molar-refractivity contribution in [2.24, 2.45) is 4.99 Å². The third kappa shape index (κ3) is 3.85. The summed E-state index contributed by atoms with van der Waals surface area (Å²) in [6.07, 6.45) is 3.09. The number of carbonyl (C=O) groups excluding carboxylic acids is 1. The second kappa shape index (κ2) is 4.82. The lowest BCUT2D eigenvalue weighted by Crippen LogP contribution is -1.89. The number of rotatable bonds is 3. The minimum Gasteiger partial charge on any atom is -0.211 e. The summed E-state index contributed by atoms with van der Waals surface area (Å²) in [5.41, 5.74) is -0.363. The predicted octanol–water partition coefficient (Wildman–Crippen LogP) is 1.69. The number of nitrogens with zero attached hydrogens (tertiary/aromatic N) is 1. The Morgan fingerprint density at radius 2 is 2.50 bits per heavy atom. The normalized spacial score (nSPS) is 12.2. The van der Waals surface area contributed by atoms with Crippen LogP contribution in [0.15, 0.2) is 4.99 Å². The molecular weight excluding hydrogens is 126 g/mol. The van der Waals surface area contributed by atoms with Gasteiger partial charge < -0.3 is 0 Å². The molecule has 0 saturated heterocycles. The maximum Gasteiger partial charge on any atom is 0.236 e. The first-order valence-corrected chi connectivity index (χ1v) is 2.96. The van der Waals surface area contributed by atoms with Gasteiger partial charge in [-0.25, -0.2) is 4.79 Å². The Kier molecular flexibility index (Phi) is 4.62. The van der Waals surface area contributed by atoms with E-state index in [2.05, 4.69) is 4.99 Å². The molecule has 0 rings (SSSR count). The molecule has 0 fully saturated rings. The zero-order chi connectivity index (χ0) is 6.41. The lowest BCUT2D eigenvalue weighted by molar-refractivity contribution is 0.560. The van der Waals surface area contributed by atoms with Gasteiger partial charge in [0.15, 0.2) is 0 Å². The van der Waals surface area contributed by atoms with Crippen molar-refractivity contribution in [1.82, 2.24) is 0 Å². The van der Waals surface area contributed by atoms with Crippen molar-refractivity contribution in [3.05, 3.63) is 0 Å². The fourth-order valence-electron chi connectivity index (χ4n) is 0.360. The van der Waals surface area contributed by atoms with Gasteiger partial charge >= 0.3 is 0 Å². The van der Waals surface area contributed by atoms with Crippen LogP contribution in [0.4, 0.5) is 0 Å². The molecule has 0 radical (unpaired) electrons. The molecule has 1 atom stereocenters. The van der Waals surface area contributed by atoms with Crippen LogP contribution in [-0.2, 0) is 4.79 Å². The molecule has 0 aromatic carbocycles. The molecule has 0 heterocycles. The molecule has 0 aliphatic carbocycles. The average Bonchev–Trinajstić information content (AvgIpc) is 1.68. The van der Waals surface area contributed by atoms with Gasteiger partial charge in [-0.2, -0.15) is 4.99 Å². The number of aliphatic imine (C=N–C) groups is 1. The highest BCUT2D eigenvalue weighted by atomic mass is 35.5. The van der Waals surface area contributed by atoms with Crippen LogP contribution in [0.3, 0.4) is 0 Å². The van der Waals surface area contributed by atoms with Crippen molar-refractivity contribution in [3.63, 3.8) is 0 Å². The largest absolute Gasteiger partial charge is 0.236 e. The van der Waals surface area contributed by atoms with E-state index in [1.54, 1.807) is 0 Å². The maximum atomic E-state index is 9.51. The second-order valence-electron chi connectivity index (χ2n) is 1.44. The van der Waals surface area contributed by atoms with Gasteiger partial charge in [0.2, 0.25) is 6.08 Å². The van der Waals surface area contributed by atoms with E-state index in [0.29, 0.717) is 0 Å². The minimum absolute atomic E-state index is 0.363. The second-order valence-corrected chi connectivity index (χ2v) is 1.95. The lowest BCUT2D eigenvalue weighted by Gasteiger charge is -1.93. The summed E-state index contributed by atoms with van der Waals surface area (Å²) < 4.78 is 0. The van der Waals surface area contributed by atoms with Crippen molar-refractivity contribution in [2.75, 3.05) is 0 Å². The Balaban J connectivity index is 3.31. The molecule has 0 aliphatic rings. The third-order valence-corrected chi connectivity index (χ3v) is 1.04. The molecule has 3 heteroatoms. The number of halogens is 1. The van der Waals surface area contributed by atoms with Crippen LogP contribution in [0.2, 0.25) is 0 Å². The molecule has 0 aliphatic heterocycles. The van der Waals surface area contributed by atoms with Crippen molar-refractivity contribution < 1.29 is 4.79 Å². The highest BCUT2D eigenvalue weighted by Crippen LogP contribution is 2.03. The van der Waals surface area contributed by atoms with Crippen LogP contribution in [0.1, 0.15) is 19.8 Å². The molecule has 0 saturated carbocycles. The fourth-order valence-corrected chi connectivity index (χ4v) is 0.618.